The molecule has 1 N–H and O–H groups in total. The molecule has 0 aromatic heterocycles. The van der Waals surface area contributed by atoms with Crippen molar-refractivity contribution < 1.29 is 13.2 Å². The number of hydrogen-bond acceptors (Lipinski definition) is 4. The molecule has 0 saturated carbocycles. The van der Waals surface area contributed by atoms with Crippen molar-refractivity contribution in [2.45, 2.75) is 41.9 Å². The van der Waals surface area contributed by atoms with Crippen molar-refractivity contribution in [1.29, 1.82) is 0 Å². The van der Waals surface area contributed by atoms with Gasteiger partial charge in [-0.1, -0.05) is 18.6 Å². The van der Waals surface area contributed by atoms with Gasteiger partial charge in [-0.05, 0) is 67.5 Å². The molecule has 1 aliphatic heterocycles. The number of hydrogen-bond donors (Lipinski definition) is 1. The van der Waals surface area contributed by atoms with Crippen molar-refractivity contribution in [3.05, 3.63) is 54.1 Å². The summed E-state index contributed by atoms with van der Waals surface area (Å²) in [5.74, 6) is -0.0538. The number of amides is 1. The van der Waals surface area contributed by atoms with Crippen LogP contribution in [0.15, 0.2) is 58.3 Å². The fourth-order valence-corrected chi connectivity index (χ4v) is 5.16. The molecule has 5 nitrogen and oxygen atoms in total. The number of nitrogens with zero attached hydrogens (tertiary/aromatic N) is 1. The summed E-state index contributed by atoms with van der Waals surface area (Å²) in [6.07, 6.45) is 5.87. The van der Waals surface area contributed by atoms with E-state index >= 15 is 0 Å². The van der Waals surface area contributed by atoms with Gasteiger partial charge < -0.3 is 5.32 Å². The number of thioether (sulfide) groups is 1. The number of nitrogens with one attached hydrogen (secondary N) is 1. The van der Waals surface area contributed by atoms with Crippen LogP contribution in [0.4, 0.5) is 5.69 Å². The molecular weight excluding hydrogens is 392 g/mol. The van der Waals surface area contributed by atoms with E-state index in [2.05, 4.69) is 5.32 Å². The number of carbonyl (C=O) groups excluding carboxylic acids is 1. The summed E-state index contributed by atoms with van der Waals surface area (Å²) in [5.41, 5.74) is 1.73. The highest BCUT2D eigenvalue weighted by molar-refractivity contribution is 7.98. The molecule has 1 fully saturated rings. The third kappa shape index (κ3) is 5.37. The maximum atomic E-state index is 12.7. The average Bonchev–Trinajstić information content (AvgIpc) is 2.74. The third-order valence-corrected chi connectivity index (χ3v) is 7.55. The number of sulfonamides is 1. The van der Waals surface area contributed by atoms with Crippen LogP contribution in [0.3, 0.4) is 0 Å². The minimum absolute atomic E-state index is 0.0538. The largest absolute Gasteiger partial charge is 0.326 e. The number of carbonyl (C=O) groups is 1. The van der Waals surface area contributed by atoms with Crippen molar-refractivity contribution in [1.82, 2.24) is 4.31 Å². The predicted molar refractivity (Wildman–Crippen MR) is 114 cm³/mol. The molecule has 1 amide bonds. The molecule has 2 aromatic rings. The Hall–Kier alpha value is -1.83. The first-order chi connectivity index (χ1) is 13.5. The third-order valence-electron chi connectivity index (χ3n) is 4.89. The van der Waals surface area contributed by atoms with Crippen LogP contribution in [-0.4, -0.2) is 38.0 Å². The molecule has 28 heavy (non-hydrogen) atoms. The van der Waals surface area contributed by atoms with Crippen molar-refractivity contribution in [3.8, 4) is 0 Å². The smallest absolute Gasteiger partial charge is 0.243 e. The van der Waals surface area contributed by atoms with Gasteiger partial charge >= 0.3 is 0 Å². The fourth-order valence-electron chi connectivity index (χ4n) is 3.24. The zero-order valence-electron chi connectivity index (χ0n) is 16.1. The Labute approximate surface area is 171 Å². The molecule has 0 spiro atoms. The predicted octanol–water partition coefficient (Wildman–Crippen LogP) is 4.15. The molecule has 0 unspecified atom stereocenters. The van der Waals surface area contributed by atoms with Gasteiger partial charge in [-0.3, -0.25) is 4.79 Å². The Morgan fingerprint density at radius 2 is 1.64 bits per heavy atom. The van der Waals surface area contributed by atoms with Crippen LogP contribution in [0.25, 0.3) is 0 Å². The first kappa shape index (κ1) is 20.9. The second-order valence-corrected chi connectivity index (χ2v) is 9.70. The van der Waals surface area contributed by atoms with E-state index in [0.717, 1.165) is 35.4 Å². The van der Waals surface area contributed by atoms with E-state index in [1.54, 1.807) is 40.3 Å². The van der Waals surface area contributed by atoms with Crippen LogP contribution < -0.4 is 5.32 Å². The lowest BCUT2D eigenvalue weighted by atomic mass is 10.1. The first-order valence-electron chi connectivity index (χ1n) is 9.52. The van der Waals surface area contributed by atoms with Crippen molar-refractivity contribution >= 4 is 33.4 Å². The van der Waals surface area contributed by atoms with Gasteiger partial charge in [0.1, 0.15) is 0 Å². The van der Waals surface area contributed by atoms with Gasteiger partial charge in [0.15, 0.2) is 0 Å². The van der Waals surface area contributed by atoms with Crippen LogP contribution in [-0.2, 0) is 21.2 Å². The van der Waals surface area contributed by atoms with Gasteiger partial charge in [0.2, 0.25) is 15.9 Å². The minimum Gasteiger partial charge on any atom is -0.326 e. The average molecular weight is 419 g/mol. The lowest BCUT2D eigenvalue weighted by Crippen LogP contribution is -2.35. The highest BCUT2D eigenvalue weighted by atomic mass is 32.2. The van der Waals surface area contributed by atoms with Gasteiger partial charge in [0.05, 0.1) is 4.90 Å². The number of benzene rings is 2. The maximum absolute atomic E-state index is 12.7. The van der Waals surface area contributed by atoms with Crippen LogP contribution >= 0.6 is 11.8 Å². The van der Waals surface area contributed by atoms with Crippen LogP contribution in [0.5, 0.6) is 0 Å². The fraction of sp³-hybridized carbons (Fsp3) is 0.381. The second-order valence-electron chi connectivity index (χ2n) is 6.89. The van der Waals surface area contributed by atoms with E-state index in [-0.39, 0.29) is 5.91 Å². The topological polar surface area (TPSA) is 66.5 Å². The summed E-state index contributed by atoms with van der Waals surface area (Å²) >= 11 is 1.66. The van der Waals surface area contributed by atoms with E-state index in [1.165, 1.54) is 0 Å². The molecule has 0 bridgehead atoms. The normalized spacial score (nSPS) is 15.3. The molecule has 1 saturated heterocycles. The van der Waals surface area contributed by atoms with Crippen molar-refractivity contribution in [2.75, 3.05) is 24.7 Å². The Morgan fingerprint density at radius 3 is 2.25 bits per heavy atom. The summed E-state index contributed by atoms with van der Waals surface area (Å²) in [4.78, 5) is 13.6. The number of anilines is 1. The summed E-state index contributed by atoms with van der Waals surface area (Å²) in [6, 6.07) is 14.6. The minimum atomic E-state index is -3.40. The SMILES string of the molecule is CSc1ccc(NC(=O)CCc2ccc(S(=O)(=O)N3CCCCC3)cc2)cc1. The van der Waals surface area contributed by atoms with E-state index in [4.69, 9.17) is 0 Å². The second kappa shape index (κ2) is 9.58. The zero-order valence-corrected chi connectivity index (χ0v) is 17.7. The van der Waals surface area contributed by atoms with E-state index in [0.29, 0.717) is 30.8 Å². The molecule has 0 atom stereocenters. The number of piperidine rings is 1. The highest BCUT2D eigenvalue weighted by Gasteiger charge is 2.25. The number of aryl methyl sites for hydroxylation is 1. The van der Waals surface area contributed by atoms with E-state index in [1.807, 2.05) is 30.5 Å². The zero-order chi connectivity index (χ0) is 20.0. The van der Waals surface area contributed by atoms with Gasteiger partial charge in [0, 0.05) is 30.1 Å². The molecule has 1 heterocycles. The summed E-state index contributed by atoms with van der Waals surface area (Å²) in [6.45, 7) is 1.20. The molecule has 1 aliphatic rings. The standard InChI is InChI=1S/C21H26N2O3S2/c1-27-19-10-8-18(9-11-19)22-21(24)14-7-17-5-12-20(13-6-17)28(25,26)23-15-3-2-4-16-23/h5-6,8-13H,2-4,7,14-16H2,1H3,(H,22,24). The molecule has 0 radical (unpaired) electrons. The first-order valence-corrected chi connectivity index (χ1v) is 12.2. The van der Waals surface area contributed by atoms with Crippen LogP contribution in [0, 0.1) is 0 Å². The van der Waals surface area contributed by atoms with Gasteiger partial charge in [-0.2, -0.15) is 4.31 Å². The molecule has 2 aromatic carbocycles. The van der Waals surface area contributed by atoms with Crippen molar-refractivity contribution in [3.63, 3.8) is 0 Å². The van der Waals surface area contributed by atoms with E-state index < -0.39 is 10.0 Å². The molecule has 150 valence electrons. The van der Waals surface area contributed by atoms with E-state index in [9.17, 15) is 13.2 Å². The maximum Gasteiger partial charge on any atom is 0.243 e. The molecule has 3 rings (SSSR count). The number of rotatable bonds is 7. The van der Waals surface area contributed by atoms with Gasteiger partial charge in [-0.25, -0.2) is 8.42 Å². The van der Waals surface area contributed by atoms with Crippen LogP contribution in [0.2, 0.25) is 0 Å². The van der Waals surface area contributed by atoms with Crippen molar-refractivity contribution in [2.24, 2.45) is 0 Å². The summed E-state index contributed by atoms with van der Waals surface area (Å²) < 4.78 is 26.9. The lowest BCUT2D eigenvalue weighted by molar-refractivity contribution is -0.116. The molecular formula is C21H26N2O3S2. The van der Waals surface area contributed by atoms with Crippen LogP contribution in [0.1, 0.15) is 31.2 Å². The highest BCUT2D eigenvalue weighted by Crippen LogP contribution is 2.21. The Bertz CT molecular complexity index is 888. The quantitative estimate of drug-likeness (QED) is 0.686. The monoisotopic (exact) mass is 418 g/mol. The Morgan fingerprint density at radius 1 is 1.00 bits per heavy atom. The van der Waals surface area contributed by atoms with Gasteiger partial charge in [0.25, 0.3) is 0 Å². The van der Waals surface area contributed by atoms with Gasteiger partial charge in [-0.15, -0.1) is 11.8 Å². The Balaban J connectivity index is 1.54. The molecule has 0 aliphatic carbocycles. The molecule has 7 heteroatoms. The lowest BCUT2D eigenvalue weighted by Gasteiger charge is -2.25. The summed E-state index contributed by atoms with van der Waals surface area (Å²) in [5, 5.41) is 2.89. The summed E-state index contributed by atoms with van der Waals surface area (Å²) in [7, 11) is -3.40. The Kier molecular flexibility index (Phi) is 7.15.